The molecule has 0 amide bonds. The summed E-state index contributed by atoms with van der Waals surface area (Å²) in [6, 6.07) is 0. The smallest absolute Gasteiger partial charge is 0.00329 e. The standard InChI is InChI=1S/C8H12S2/c1-5-6(2-9-1)8-4-10-3-7(5)8/h5-8H,1-4H2. The fourth-order valence-corrected chi connectivity index (χ4v) is 6.13. The first-order valence-corrected chi connectivity index (χ1v) is 6.43. The number of thioether (sulfide) groups is 2. The minimum atomic E-state index is 1.16. The lowest BCUT2D eigenvalue weighted by molar-refractivity contribution is 0.0629. The number of hydrogen-bond donors (Lipinski definition) is 0. The Hall–Kier alpha value is 0.700. The second-order valence-electron chi connectivity index (χ2n) is 3.73. The fourth-order valence-electron chi connectivity index (χ4n) is 2.79. The van der Waals surface area contributed by atoms with Gasteiger partial charge in [-0.15, -0.1) is 0 Å². The van der Waals surface area contributed by atoms with E-state index in [9.17, 15) is 0 Å². The average Bonchev–Trinajstić information content (AvgIpc) is 2.42. The van der Waals surface area contributed by atoms with Gasteiger partial charge in [-0.25, -0.2) is 0 Å². The van der Waals surface area contributed by atoms with Crippen molar-refractivity contribution in [3.05, 3.63) is 0 Å². The van der Waals surface area contributed by atoms with Crippen LogP contribution in [0.2, 0.25) is 0 Å². The summed E-state index contributed by atoms with van der Waals surface area (Å²) in [5, 5.41) is 0. The molecule has 0 unspecified atom stereocenters. The van der Waals surface area contributed by atoms with Crippen LogP contribution in [0.15, 0.2) is 0 Å². The van der Waals surface area contributed by atoms with Crippen LogP contribution in [-0.4, -0.2) is 23.0 Å². The summed E-state index contributed by atoms with van der Waals surface area (Å²) >= 11 is 4.40. The van der Waals surface area contributed by atoms with Crippen LogP contribution in [0.25, 0.3) is 0 Å². The van der Waals surface area contributed by atoms with E-state index in [2.05, 4.69) is 23.5 Å². The monoisotopic (exact) mass is 172 g/mol. The quantitative estimate of drug-likeness (QED) is 0.548. The molecule has 0 atom stereocenters. The molecule has 0 bridgehead atoms. The first kappa shape index (κ1) is 6.24. The SMILES string of the molecule is C1SCC2C1C1CSCC21. The summed E-state index contributed by atoms with van der Waals surface area (Å²) in [7, 11) is 0. The molecule has 3 fully saturated rings. The van der Waals surface area contributed by atoms with E-state index in [1.165, 1.54) is 23.0 Å². The van der Waals surface area contributed by atoms with Crippen LogP contribution in [0.5, 0.6) is 0 Å². The van der Waals surface area contributed by atoms with E-state index < -0.39 is 0 Å². The molecule has 3 rings (SSSR count). The lowest BCUT2D eigenvalue weighted by Crippen LogP contribution is -2.44. The summed E-state index contributed by atoms with van der Waals surface area (Å²) in [6.45, 7) is 0. The van der Waals surface area contributed by atoms with E-state index in [1.807, 2.05) is 0 Å². The molecule has 0 aromatic rings. The zero-order valence-corrected chi connectivity index (χ0v) is 7.59. The maximum Gasteiger partial charge on any atom is -0.00329 e. The van der Waals surface area contributed by atoms with Gasteiger partial charge in [0.25, 0.3) is 0 Å². The van der Waals surface area contributed by atoms with Gasteiger partial charge >= 0.3 is 0 Å². The van der Waals surface area contributed by atoms with E-state index in [0.717, 1.165) is 23.7 Å². The topological polar surface area (TPSA) is 0 Å². The van der Waals surface area contributed by atoms with Crippen LogP contribution in [0, 0.1) is 23.7 Å². The van der Waals surface area contributed by atoms with E-state index in [-0.39, 0.29) is 0 Å². The van der Waals surface area contributed by atoms with Gasteiger partial charge in [0.15, 0.2) is 0 Å². The molecule has 1 saturated carbocycles. The summed E-state index contributed by atoms with van der Waals surface area (Å²) in [5.41, 5.74) is 0. The molecule has 0 spiro atoms. The third-order valence-corrected chi connectivity index (χ3v) is 5.92. The van der Waals surface area contributed by atoms with Crippen molar-refractivity contribution in [1.29, 1.82) is 0 Å². The summed E-state index contributed by atoms with van der Waals surface area (Å²) < 4.78 is 0. The van der Waals surface area contributed by atoms with Gasteiger partial charge in [-0.05, 0) is 46.7 Å². The van der Waals surface area contributed by atoms with E-state index in [4.69, 9.17) is 0 Å². The zero-order valence-electron chi connectivity index (χ0n) is 5.95. The number of rotatable bonds is 0. The van der Waals surface area contributed by atoms with Gasteiger partial charge in [-0.3, -0.25) is 0 Å². The van der Waals surface area contributed by atoms with Crippen molar-refractivity contribution >= 4 is 23.5 Å². The zero-order chi connectivity index (χ0) is 6.55. The summed E-state index contributed by atoms with van der Waals surface area (Å²) in [6.07, 6.45) is 0. The lowest BCUT2D eigenvalue weighted by atomic mass is 9.60. The van der Waals surface area contributed by atoms with Gasteiger partial charge in [0, 0.05) is 0 Å². The molecule has 2 aliphatic heterocycles. The normalized spacial score (nSPS) is 57.6. The molecule has 0 N–H and O–H groups in total. The first-order valence-electron chi connectivity index (χ1n) is 4.12. The minimum Gasteiger partial charge on any atom is -0.161 e. The molecular weight excluding hydrogens is 160 g/mol. The van der Waals surface area contributed by atoms with Crippen molar-refractivity contribution in [2.45, 2.75) is 0 Å². The van der Waals surface area contributed by atoms with Crippen LogP contribution in [0.3, 0.4) is 0 Å². The first-order chi connectivity index (χ1) is 4.97. The highest BCUT2D eigenvalue weighted by atomic mass is 32.2. The van der Waals surface area contributed by atoms with E-state index in [0.29, 0.717) is 0 Å². The Labute approximate surface area is 70.5 Å². The maximum absolute atomic E-state index is 2.20. The highest BCUT2D eigenvalue weighted by Gasteiger charge is 2.54. The molecule has 0 radical (unpaired) electrons. The van der Waals surface area contributed by atoms with Gasteiger partial charge in [0.2, 0.25) is 0 Å². The molecule has 0 nitrogen and oxygen atoms in total. The summed E-state index contributed by atoms with van der Waals surface area (Å²) in [4.78, 5) is 0. The molecule has 2 heterocycles. The van der Waals surface area contributed by atoms with Crippen LogP contribution in [0.4, 0.5) is 0 Å². The maximum atomic E-state index is 2.20. The highest BCUT2D eigenvalue weighted by Crippen LogP contribution is 2.58. The van der Waals surface area contributed by atoms with Crippen LogP contribution < -0.4 is 0 Å². The molecular formula is C8H12S2. The van der Waals surface area contributed by atoms with Crippen LogP contribution in [0.1, 0.15) is 0 Å². The predicted octanol–water partition coefficient (Wildman–Crippen LogP) is 1.96. The predicted molar refractivity (Wildman–Crippen MR) is 48.6 cm³/mol. The van der Waals surface area contributed by atoms with E-state index in [1.54, 1.807) is 0 Å². The Bertz CT molecular complexity index is 115. The minimum absolute atomic E-state index is 1.16. The Morgan fingerprint density at radius 1 is 0.600 bits per heavy atom. The number of fused-ring (bicyclic) bond motifs is 4. The average molecular weight is 172 g/mol. The Morgan fingerprint density at radius 3 is 1.20 bits per heavy atom. The van der Waals surface area contributed by atoms with Gasteiger partial charge < -0.3 is 0 Å². The Morgan fingerprint density at radius 2 is 0.900 bits per heavy atom. The van der Waals surface area contributed by atoms with Gasteiger partial charge in [0.1, 0.15) is 0 Å². The molecule has 2 heteroatoms. The van der Waals surface area contributed by atoms with Crippen molar-refractivity contribution in [2.24, 2.45) is 23.7 Å². The van der Waals surface area contributed by atoms with Crippen molar-refractivity contribution in [1.82, 2.24) is 0 Å². The Kier molecular flexibility index (Phi) is 1.31. The largest absolute Gasteiger partial charge is 0.161 e. The molecule has 0 aromatic carbocycles. The Balaban J connectivity index is 1.84. The summed E-state index contributed by atoms with van der Waals surface area (Å²) in [5.74, 6) is 10.6. The fraction of sp³-hybridized carbons (Fsp3) is 1.00. The molecule has 2 saturated heterocycles. The van der Waals surface area contributed by atoms with Crippen LogP contribution in [-0.2, 0) is 0 Å². The van der Waals surface area contributed by atoms with Gasteiger partial charge in [-0.2, -0.15) is 23.5 Å². The highest BCUT2D eigenvalue weighted by molar-refractivity contribution is 8.00. The van der Waals surface area contributed by atoms with Crippen molar-refractivity contribution < 1.29 is 0 Å². The van der Waals surface area contributed by atoms with Gasteiger partial charge in [-0.1, -0.05) is 0 Å². The van der Waals surface area contributed by atoms with E-state index >= 15 is 0 Å². The number of hydrogen-bond acceptors (Lipinski definition) is 2. The third kappa shape index (κ3) is 0.626. The van der Waals surface area contributed by atoms with Gasteiger partial charge in [0.05, 0.1) is 0 Å². The van der Waals surface area contributed by atoms with Crippen molar-refractivity contribution in [2.75, 3.05) is 23.0 Å². The molecule has 56 valence electrons. The second kappa shape index (κ2) is 2.10. The van der Waals surface area contributed by atoms with Crippen LogP contribution >= 0.6 is 23.5 Å². The third-order valence-electron chi connectivity index (χ3n) is 3.44. The molecule has 3 aliphatic rings. The van der Waals surface area contributed by atoms with Crippen molar-refractivity contribution in [3.8, 4) is 0 Å². The molecule has 0 aromatic heterocycles. The van der Waals surface area contributed by atoms with Crippen molar-refractivity contribution in [3.63, 3.8) is 0 Å². The lowest BCUT2D eigenvalue weighted by Gasteiger charge is -2.43. The second-order valence-corrected chi connectivity index (χ2v) is 5.88. The molecule has 10 heavy (non-hydrogen) atoms. The molecule has 1 aliphatic carbocycles.